The van der Waals surface area contributed by atoms with Gasteiger partial charge in [-0.05, 0) is 87.5 Å². The molecule has 0 spiro atoms. The molecule has 2 aliphatic carbocycles. The zero-order valence-corrected chi connectivity index (χ0v) is 16.0. The van der Waals surface area contributed by atoms with Gasteiger partial charge in [-0.25, -0.2) is 0 Å². The Morgan fingerprint density at radius 2 is 1.38 bits per heavy atom. The Bertz CT molecular complexity index is 499. The molecule has 1 heteroatoms. The van der Waals surface area contributed by atoms with Crippen molar-refractivity contribution in [3.63, 3.8) is 0 Å². The highest BCUT2D eigenvalue weighted by Gasteiger charge is 2.24. The SMILES string of the molecule is Cc1ccc(C2CCC(CC[C@H]3CC[C@H](/C=C/Cl)CC3)CC2)cc1. The zero-order valence-electron chi connectivity index (χ0n) is 15.2. The molecule has 132 valence electrons. The van der Waals surface area contributed by atoms with Gasteiger partial charge in [0.1, 0.15) is 0 Å². The van der Waals surface area contributed by atoms with E-state index in [1.807, 2.05) is 0 Å². The van der Waals surface area contributed by atoms with Gasteiger partial charge in [0, 0.05) is 5.54 Å². The summed E-state index contributed by atoms with van der Waals surface area (Å²) in [6.45, 7) is 2.18. The molecule has 0 aromatic heterocycles. The second-order valence-electron chi connectivity index (χ2n) is 8.30. The van der Waals surface area contributed by atoms with Crippen LogP contribution in [0.2, 0.25) is 0 Å². The molecule has 1 aromatic carbocycles. The predicted octanol–water partition coefficient (Wildman–Crippen LogP) is 7.61. The van der Waals surface area contributed by atoms with E-state index in [0.717, 1.165) is 23.7 Å². The van der Waals surface area contributed by atoms with Gasteiger partial charge in [-0.15, -0.1) is 0 Å². The van der Waals surface area contributed by atoms with Crippen LogP contribution in [0.1, 0.15) is 81.3 Å². The maximum atomic E-state index is 5.72. The third kappa shape index (κ3) is 5.12. The molecule has 1 aromatic rings. The van der Waals surface area contributed by atoms with Crippen molar-refractivity contribution in [2.75, 3.05) is 0 Å². The first-order valence-electron chi connectivity index (χ1n) is 10.1. The molecule has 0 saturated heterocycles. The van der Waals surface area contributed by atoms with Crippen molar-refractivity contribution < 1.29 is 0 Å². The van der Waals surface area contributed by atoms with E-state index in [1.54, 1.807) is 11.1 Å². The van der Waals surface area contributed by atoms with E-state index in [-0.39, 0.29) is 0 Å². The maximum Gasteiger partial charge on any atom is 0.000525 e. The molecule has 0 nitrogen and oxygen atoms in total. The van der Waals surface area contributed by atoms with E-state index < -0.39 is 0 Å². The summed E-state index contributed by atoms with van der Waals surface area (Å²) in [5.74, 6) is 3.55. The Balaban J connectivity index is 1.36. The first-order chi connectivity index (χ1) is 11.7. The monoisotopic (exact) mass is 344 g/mol. The van der Waals surface area contributed by atoms with Gasteiger partial charge in [0.25, 0.3) is 0 Å². The molecular weight excluding hydrogens is 312 g/mol. The van der Waals surface area contributed by atoms with Gasteiger partial charge in [-0.3, -0.25) is 0 Å². The number of hydrogen-bond donors (Lipinski definition) is 0. The van der Waals surface area contributed by atoms with E-state index in [4.69, 9.17) is 11.6 Å². The average Bonchev–Trinajstić information content (AvgIpc) is 2.63. The Morgan fingerprint density at radius 1 is 0.833 bits per heavy atom. The zero-order chi connectivity index (χ0) is 16.8. The van der Waals surface area contributed by atoms with Crippen LogP contribution in [0.4, 0.5) is 0 Å². The quantitative estimate of drug-likeness (QED) is 0.515. The third-order valence-electron chi connectivity index (χ3n) is 6.61. The lowest BCUT2D eigenvalue weighted by Gasteiger charge is -2.31. The van der Waals surface area contributed by atoms with Crippen LogP contribution in [0.5, 0.6) is 0 Å². The number of halogens is 1. The van der Waals surface area contributed by atoms with Gasteiger partial charge in [0.15, 0.2) is 0 Å². The lowest BCUT2D eigenvalue weighted by atomic mass is 9.74. The van der Waals surface area contributed by atoms with Crippen molar-refractivity contribution >= 4 is 11.6 Å². The molecule has 2 saturated carbocycles. The highest BCUT2D eigenvalue weighted by atomic mass is 35.5. The highest BCUT2D eigenvalue weighted by molar-refractivity contribution is 6.25. The van der Waals surface area contributed by atoms with Crippen LogP contribution in [0, 0.1) is 24.7 Å². The van der Waals surface area contributed by atoms with E-state index in [1.165, 1.54) is 69.8 Å². The largest absolute Gasteiger partial charge is 0.0933 e. The van der Waals surface area contributed by atoms with Crippen LogP contribution >= 0.6 is 11.6 Å². The highest BCUT2D eigenvalue weighted by Crippen LogP contribution is 2.39. The molecule has 0 atom stereocenters. The summed E-state index contributed by atoms with van der Waals surface area (Å²) in [4.78, 5) is 0. The molecule has 0 radical (unpaired) electrons. The number of aryl methyl sites for hydroxylation is 1. The summed E-state index contributed by atoms with van der Waals surface area (Å²) in [6.07, 6.45) is 16.4. The second-order valence-corrected chi connectivity index (χ2v) is 8.56. The third-order valence-corrected chi connectivity index (χ3v) is 6.76. The van der Waals surface area contributed by atoms with Crippen molar-refractivity contribution in [1.29, 1.82) is 0 Å². The lowest BCUT2D eigenvalue weighted by molar-refractivity contribution is 0.246. The van der Waals surface area contributed by atoms with Gasteiger partial charge < -0.3 is 0 Å². The molecule has 2 aliphatic rings. The van der Waals surface area contributed by atoms with E-state index in [9.17, 15) is 0 Å². The van der Waals surface area contributed by atoms with Crippen LogP contribution in [0.15, 0.2) is 35.9 Å². The molecule has 2 fully saturated rings. The number of allylic oxidation sites excluding steroid dienone is 1. The van der Waals surface area contributed by atoms with Gasteiger partial charge in [-0.1, -0.05) is 60.3 Å². The minimum atomic E-state index is 0.753. The van der Waals surface area contributed by atoms with Crippen molar-refractivity contribution in [1.82, 2.24) is 0 Å². The van der Waals surface area contributed by atoms with Crippen molar-refractivity contribution in [3.05, 3.63) is 47.0 Å². The minimum Gasteiger partial charge on any atom is -0.0933 e. The van der Waals surface area contributed by atoms with Crippen molar-refractivity contribution in [2.24, 2.45) is 17.8 Å². The molecule has 0 amide bonds. The molecular formula is C23H33Cl. The van der Waals surface area contributed by atoms with Crippen LogP contribution in [-0.4, -0.2) is 0 Å². The fourth-order valence-electron chi connectivity index (χ4n) is 4.87. The first-order valence-corrected chi connectivity index (χ1v) is 10.5. The molecule has 0 unspecified atom stereocenters. The minimum absolute atomic E-state index is 0.753. The summed E-state index contributed by atoms with van der Waals surface area (Å²) in [5.41, 5.74) is 4.67. The Morgan fingerprint density at radius 3 is 1.92 bits per heavy atom. The summed E-state index contributed by atoms with van der Waals surface area (Å²) < 4.78 is 0. The fraction of sp³-hybridized carbons (Fsp3) is 0.652. The van der Waals surface area contributed by atoms with Crippen LogP contribution < -0.4 is 0 Å². The van der Waals surface area contributed by atoms with Gasteiger partial charge in [-0.2, -0.15) is 0 Å². The first kappa shape index (κ1) is 18.1. The average molecular weight is 345 g/mol. The maximum absolute atomic E-state index is 5.72. The van der Waals surface area contributed by atoms with E-state index >= 15 is 0 Å². The predicted molar refractivity (Wildman–Crippen MR) is 106 cm³/mol. The molecule has 3 rings (SSSR count). The summed E-state index contributed by atoms with van der Waals surface area (Å²) in [7, 11) is 0. The van der Waals surface area contributed by atoms with Crippen LogP contribution in [0.25, 0.3) is 0 Å². The molecule has 0 bridgehead atoms. The molecule has 0 aliphatic heterocycles. The van der Waals surface area contributed by atoms with Crippen molar-refractivity contribution in [2.45, 2.75) is 77.0 Å². The lowest BCUT2D eigenvalue weighted by Crippen LogP contribution is -2.17. The van der Waals surface area contributed by atoms with E-state index in [2.05, 4.69) is 37.3 Å². The smallest absolute Gasteiger partial charge is 0.000525 e. The summed E-state index contributed by atoms with van der Waals surface area (Å²) in [6, 6.07) is 9.26. The number of rotatable bonds is 5. The summed E-state index contributed by atoms with van der Waals surface area (Å²) >= 11 is 5.72. The van der Waals surface area contributed by atoms with Crippen molar-refractivity contribution in [3.8, 4) is 0 Å². The number of hydrogen-bond acceptors (Lipinski definition) is 0. The fourth-order valence-corrected chi connectivity index (χ4v) is 5.07. The Hall–Kier alpha value is -0.750. The summed E-state index contributed by atoms with van der Waals surface area (Å²) in [5, 5.41) is 0. The Kier molecular flexibility index (Phi) is 6.84. The molecule has 0 N–H and O–H groups in total. The number of benzene rings is 1. The topological polar surface area (TPSA) is 0 Å². The molecule has 24 heavy (non-hydrogen) atoms. The van der Waals surface area contributed by atoms with Gasteiger partial charge in [0.2, 0.25) is 0 Å². The van der Waals surface area contributed by atoms with Gasteiger partial charge >= 0.3 is 0 Å². The standard InChI is InChI=1S/C23H33Cl/c1-18-2-12-22(13-3-18)23-14-10-20(11-15-23)5-4-19-6-8-21(9-7-19)16-17-24/h2-3,12-13,16-17,19-21,23H,4-11,14-15H2,1H3/b17-16+/t19-,20?,21-,23?. The second kappa shape index (κ2) is 9.09. The van der Waals surface area contributed by atoms with E-state index in [0.29, 0.717) is 0 Å². The van der Waals surface area contributed by atoms with Gasteiger partial charge in [0.05, 0.1) is 0 Å². The molecule has 0 heterocycles. The van der Waals surface area contributed by atoms with Crippen LogP contribution in [-0.2, 0) is 0 Å². The Labute approximate surface area is 153 Å². The van der Waals surface area contributed by atoms with Crippen LogP contribution in [0.3, 0.4) is 0 Å². The normalized spacial score (nSPS) is 31.4.